The number of carbonyl (C=O) groups excluding carboxylic acids is 1. The number of nitrogens with zero attached hydrogens (tertiary/aromatic N) is 2. The summed E-state index contributed by atoms with van der Waals surface area (Å²) in [6, 6.07) is 5.50. The molecule has 1 fully saturated rings. The van der Waals surface area contributed by atoms with Crippen molar-refractivity contribution in [2.75, 3.05) is 57.8 Å². The number of aliphatic hydroxyl groups is 1. The zero-order valence-electron chi connectivity index (χ0n) is 13.6. The number of anilines is 1. The highest BCUT2D eigenvalue weighted by Gasteiger charge is 2.26. The van der Waals surface area contributed by atoms with E-state index in [2.05, 4.69) is 15.1 Å². The number of hydrogen-bond donors (Lipinski definition) is 2. The van der Waals surface area contributed by atoms with Crippen LogP contribution in [0.3, 0.4) is 0 Å². The molecule has 0 bridgehead atoms. The van der Waals surface area contributed by atoms with Crippen molar-refractivity contribution < 1.29 is 14.6 Å². The van der Waals surface area contributed by atoms with Gasteiger partial charge in [0.2, 0.25) is 0 Å². The zero-order valence-corrected chi connectivity index (χ0v) is 13.6. The number of Topliss-reactive ketones (excluding diaryl/α,β-unsaturated/α-hetero) is 1. The van der Waals surface area contributed by atoms with Crippen molar-refractivity contribution in [2.45, 2.75) is 13.0 Å². The van der Waals surface area contributed by atoms with E-state index in [0.29, 0.717) is 13.2 Å². The summed E-state index contributed by atoms with van der Waals surface area (Å²) in [4.78, 5) is 17.2. The SMILES string of the molecule is CC(C(=O)c1ccc2c(c1)NCCO2)N1CCN(CCO)CC1. The van der Waals surface area contributed by atoms with E-state index in [1.54, 1.807) is 0 Å². The Labute approximate surface area is 137 Å². The minimum Gasteiger partial charge on any atom is -0.490 e. The van der Waals surface area contributed by atoms with Crippen LogP contribution in [0.2, 0.25) is 0 Å². The molecule has 1 aromatic rings. The lowest BCUT2D eigenvalue weighted by atomic mass is 10.0. The molecule has 1 atom stereocenters. The van der Waals surface area contributed by atoms with Gasteiger partial charge in [0.25, 0.3) is 0 Å². The maximum atomic E-state index is 12.8. The first-order valence-electron chi connectivity index (χ1n) is 8.31. The van der Waals surface area contributed by atoms with Gasteiger partial charge in [0.1, 0.15) is 12.4 Å². The Hall–Kier alpha value is -1.63. The van der Waals surface area contributed by atoms with E-state index >= 15 is 0 Å². The Kier molecular flexibility index (Phi) is 5.15. The van der Waals surface area contributed by atoms with Crippen molar-refractivity contribution in [2.24, 2.45) is 0 Å². The quantitative estimate of drug-likeness (QED) is 0.778. The summed E-state index contributed by atoms with van der Waals surface area (Å²) in [6.07, 6.45) is 0. The summed E-state index contributed by atoms with van der Waals surface area (Å²) >= 11 is 0. The third kappa shape index (κ3) is 3.65. The monoisotopic (exact) mass is 319 g/mol. The van der Waals surface area contributed by atoms with Crippen molar-refractivity contribution in [1.29, 1.82) is 0 Å². The summed E-state index contributed by atoms with van der Waals surface area (Å²) in [7, 11) is 0. The molecular formula is C17H25N3O3. The van der Waals surface area contributed by atoms with Gasteiger partial charge in [0, 0.05) is 44.8 Å². The van der Waals surface area contributed by atoms with Gasteiger partial charge in [-0.05, 0) is 25.1 Å². The second-order valence-corrected chi connectivity index (χ2v) is 6.13. The van der Waals surface area contributed by atoms with E-state index in [1.807, 2.05) is 25.1 Å². The first-order valence-corrected chi connectivity index (χ1v) is 8.31. The minimum absolute atomic E-state index is 0.131. The van der Waals surface area contributed by atoms with Crippen LogP contribution in [0.15, 0.2) is 18.2 Å². The first kappa shape index (κ1) is 16.2. The normalized spacial score (nSPS) is 20.3. The summed E-state index contributed by atoms with van der Waals surface area (Å²) in [5.74, 6) is 0.967. The molecule has 0 saturated carbocycles. The smallest absolute Gasteiger partial charge is 0.179 e. The van der Waals surface area contributed by atoms with Crippen molar-refractivity contribution in [1.82, 2.24) is 9.80 Å². The van der Waals surface area contributed by atoms with E-state index in [1.165, 1.54) is 0 Å². The van der Waals surface area contributed by atoms with Gasteiger partial charge in [-0.3, -0.25) is 14.6 Å². The number of aliphatic hydroxyl groups excluding tert-OH is 1. The Bertz CT molecular complexity index is 556. The van der Waals surface area contributed by atoms with Gasteiger partial charge in [0.05, 0.1) is 18.3 Å². The molecule has 0 spiro atoms. The van der Waals surface area contributed by atoms with Gasteiger partial charge in [-0.15, -0.1) is 0 Å². The summed E-state index contributed by atoms with van der Waals surface area (Å²) in [5.41, 5.74) is 1.63. The summed E-state index contributed by atoms with van der Waals surface area (Å²) < 4.78 is 5.56. The minimum atomic E-state index is -0.131. The Balaban J connectivity index is 1.63. The molecule has 2 heterocycles. The van der Waals surface area contributed by atoms with E-state index in [4.69, 9.17) is 9.84 Å². The fourth-order valence-electron chi connectivity index (χ4n) is 3.22. The molecule has 0 aromatic heterocycles. The van der Waals surface area contributed by atoms with Gasteiger partial charge in [-0.1, -0.05) is 0 Å². The molecule has 1 unspecified atom stereocenters. The number of benzene rings is 1. The molecule has 6 nitrogen and oxygen atoms in total. The number of hydrogen-bond acceptors (Lipinski definition) is 6. The Morgan fingerprint density at radius 2 is 2.13 bits per heavy atom. The van der Waals surface area contributed by atoms with Crippen LogP contribution in [0, 0.1) is 0 Å². The number of ether oxygens (including phenoxy) is 1. The number of ketones is 1. The summed E-state index contributed by atoms with van der Waals surface area (Å²) in [6.45, 7) is 7.84. The largest absolute Gasteiger partial charge is 0.490 e. The van der Waals surface area contributed by atoms with Gasteiger partial charge in [-0.2, -0.15) is 0 Å². The van der Waals surface area contributed by atoms with E-state index in [9.17, 15) is 4.79 Å². The molecule has 0 amide bonds. The second-order valence-electron chi connectivity index (χ2n) is 6.13. The van der Waals surface area contributed by atoms with Crippen LogP contribution in [0.5, 0.6) is 5.75 Å². The predicted octanol–water partition coefficient (Wildman–Crippen LogP) is 0.672. The van der Waals surface area contributed by atoms with Gasteiger partial charge < -0.3 is 15.2 Å². The van der Waals surface area contributed by atoms with Crippen molar-refractivity contribution in [3.05, 3.63) is 23.8 Å². The number of rotatable bonds is 5. The molecule has 2 N–H and O–H groups in total. The fourth-order valence-corrected chi connectivity index (χ4v) is 3.22. The number of β-amino-alcohol motifs (C(OH)–C–C–N with tert-alkyl or cyclic N) is 1. The Morgan fingerprint density at radius 1 is 1.35 bits per heavy atom. The lowest BCUT2D eigenvalue weighted by molar-refractivity contribution is 0.0663. The maximum absolute atomic E-state index is 12.8. The van der Waals surface area contributed by atoms with Crippen LogP contribution >= 0.6 is 0 Å². The molecule has 1 aromatic carbocycles. The second kappa shape index (κ2) is 7.29. The number of fused-ring (bicyclic) bond motifs is 1. The third-order valence-corrected chi connectivity index (χ3v) is 4.69. The highest BCUT2D eigenvalue weighted by atomic mass is 16.5. The van der Waals surface area contributed by atoms with Gasteiger partial charge in [-0.25, -0.2) is 0 Å². The Morgan fingerprint density at radius 3 is 2.87 bits per heavy atom. The maximum Gasteiger partial charge on any atom is 0.179 e. The van der Waals surface area contributed by atoms with E-state index in [-0.39, 0.29) is 18.4 Å². The van der Waals surface area contributed by atoms with Crippen LogP contribution in [0.25, 0.3) is 0 Å². The molecule has 2 aliphatic rings. The molecule has 1 saturated heterocycles. The van der Waals surface area contributed by atoms with Crippen LogP contribution in [0.4, 0.5) is 5.69 Å². The van der Waals surface area contributed by atoms with E-state index in [0.717, 1.165) is 49.7 Å². The highest BCUT2D eigenvalue weighted by molar-refractivity contribution is 6.01. The fraction of sp³-hybridized carbons (Fsp3) is 0.588. The molecule has 0 radical (unpaired) electrons. The number of piperazine rings is 1. The van der Waals surface area contributed by atoms with Gasteiger partial charge >= 0.3 is 0 Å². The van der Waals surface area contributed by atoms with E-state index < -0.39 is 0 Å². The average molecular weight is 319 g/mol. The molecule has 126 valence electrons. The topological polar surface area (TPSA) is 65.0 Å². The van der Waals surface area contributed by atoms with Crippen LogP contribution < -0.4 is 10.1 Å². The van der Waals surface area contributed by atoms with Crippen molar-refractivity contribution >= 4 is 11.5 Å². The molecule has 2 aliphatic heterocycles. The zero-order chi connectivity index (χ0) is 16.2. The molecule has 3 rings (SSSR count). The first-order chi connectivity index (χ1) is 11.2. The molecular weight excluding hydrogens is 294 g/mol. The standard InChI is InChI=1S/C17H25N3O3/c1-13(20-7-5-19(6-8-20)9-10-21)17(22)14-2-3-16-15(12-14)18-4-11-23-16/h2-3,12-13,18,21H,4-11H2,1H3. The number of carbonyl (C=O) groups is 1. The summed E-state index contributed by atoms with van der Waals surface area (Å²) in [5, 5.41) is 12.3. The van der Waals surface area contributed by atoms with Crippen LogP contribution in [0.1, 0.15) is 17.3 Å². The molecule has 0 aliphatic carbocycles. The lowest BCUT2D eigenvalue weighted by Crippen LogP contribution is -2.52. The predicted molar refractivity (Wildman–Crippen MR) is 89.3 cm³/mol. The van der Waals surface area contributed by atoms with Crippen molar-refractivity contribution in [3.63, 3.8) is 0 Å². The van der Waals surface area contributed by atoms with Crippen LogP contribution in [-0.2, 0) is 0 Å². The highest BCUT2D eigenvalue weighted by Crippen LogP contribution is 2.28. The van der Waals surface area contributed by atoms with Crippen LogP contribution in [-0.4, -0.2) is 79.2 Å². The lowest BCUT2D eigenvalue weighted by Gasteiger charge is -2.37. The third-order valence-electron chi connectivity index (χ3n) is 4.69. The molecule has 6 heteroatoms. The van der Waals surface area contributed by atoms with Gasteiger partial charge in [0.15, 0.2) is 5.78 Å². The number of nitrogens with one attached hydrogen (secondary N) is 1. The molecule has 23 heavy (non-hydrogen) atoms. The average Bonchev–Trinajstić information content (AvgIpc) is 2.61. The van der Waals surface area contributed by atoms with Crippen molar-refractivity contribution in [3.8, 4) is 5.75 Å².